The van der Waals surface area contributed by atoms with E-state index in [9.17, 15) is 19.2 Å². The number of carbonyl (C=O) groups is 4. The standard InChI is InChI=1S/C24H29N3O6/c1-32-19-10-8-18(9-11-19)23(30)26-15-12-21(28)25-14-13-22(29)27-20(24(31)33-2)16-17-6-4-3-5-7-17/h3-11,20H,12-16H2,1-2H3,(H,25,28)(H,26,30)(H,27,29)/t20-/m1/s1. The fraction of sp³-hybridized carbons (Fsp3) is 0.333. The van der Waals surface area contributed by atoms with Crippen LogP contribution in [-0.4, -0.2) is 57.0 Å². The summed E-state index contributed by atoms with van der Waals surface area (Å²) in [5, 5.41) is 7.93. The Bertz CT molecular complexity index is 931. The van der Waals surface area contributed by atoms with Crippen LogP contribution in [0.15, 0.2) is 54.6 Å². The zero-order valence-electron chi connectivity index (χ0n) is 18.8. The van der Waals surface area contributed by atoms with E-state index < -0.39 is 12.0 Å². The predicted octanol–water partition coefficient (Wildman–Crippen LogP) is 1.22. The highest BCUT2D eigenvalue weighted by atomic mass is 16.5. The van der Waals surface area contributed by atoms with Gasteiger partial charge in [-0.25, -0.2) is 4.79 Å². The zero-order valence-corrected chi connectivity index (χ0v) is 18.8. The van der Waals surface area contributed by atoms with E-state index in [-0.39, 0.29) is 43.7 Å². The van der Waals surface area contributed by atoms with Crippen molar-refractivity contribution in [2.75, 3.05) is 27.3 Å². The van der Waals surface area contributed by atoms with Crippen molar-refractivity contribution in [2.45, 2.75) is 25.3 Å². The molecule has 0 saturated carbocycles. The molecule has 0 aliphatic rings. The third-order valence-corrected chi connectivity index (χ3v) is 4.77. The number of amides is 3. The number of rotatable bonds is 12. The van der Waals surface area contributed by atoms with Gasteiger partial charge in [0.25, 0.3) is 5.91 Å². The summed E-state index contributed by atoms with van der Waals surface area (Å²) in [7, 11) is 2.81. The molecule has 1 atom stereocenters. The summed E-state index contributed by atoms with van der Waals surface area (Å²) in [6.45, 7) is 0.265. The van der Waals surface area contributed by atoms with Crippen LogP contribution in [-0.2, 0) is 25.5 Å². The van der Waals surface area contributed by atoms with Crippen molar-refractivity contribution >= 4 is 23.7 Å². The Morgan fingerprint density at radius 1 is 0.818 bits per heavy atom. The number of hydrogen-bond acceptors (Lipinski definition) is 6. The summed E-state index contributed by atoms with van der Waals surface area (Å²) in [6, 6.07) is 15.1. The molecular weight excluding hydrogens is 426 g/mol. The maximum Gasteiger partial charge on any atom is 0.328 e. The van der Waals surface area contributed by atoms with E-state index in [1.165, 1.54) is 7.11 Å². The Morgan fingerprint density at radius 3 is 2.09 bits per heavy atom. The van der Waals surface area contributed by atoms with Crippen molar-refractivity contribution in [3.63, 3.8) is 0 Å². The number of nitrogens with one attached hydrogen (secondary N) is 3. The van der Waals surface area contributed by atoms with Crippen molar-refractivity contribution in [1.82, 2.24) is 16.0 Å². The Hall–Kier alpha value is -3.88. The molecule has 9 nitrogen and oxygen atoms in total. The van der Waals surface area contributed by atoms with Gasteiger partial charge >= 0.3 is 5.97 Å². The third-order valence-electron chi connectivity index (χ3n) is 4.77. The molecule has 0 radical (unpaired) electrons. The molecule has 3 amide bonds. The second-order valence-electron chi connectivity index (χ2n) is 7.17. The number of benzene rings is 2. The van der Waals surface area contributed by atoms with Gasteiger partial charge in [0, 0.05) is 37.9 Å². The molecular formula is C24H29N3O6. The van der Waals surface area contributed by atoms with Crippen LogP contribution in [0.25, 0.3) is 0 Å². The number of ether oxygens (including phenoxy) is 2. The van der Waals surface area contributed by atoms with Crippen LogP contribution in [0.4, 0.5) is 0 Å². The predicted molar refractivity (Wildman–Crippen MR) is 122 cm³/mol. The minimum atomic E-state index is -0.811. The van der Waals surface area contributed by atoms with Gasteiger partial charge in [0.1, 0.15) is 11.8 Å². The zero-order chi connectivity index (χ0) is 24.1. The highest BCUT2D eigenvalue weighted by Gasteiger charge is 2.21. The van der Waals surface area contributed by atoms with Crippen molar-refractivity contribution < 1.29 is 28.7 Å². The second-order valence-corrected chi connectivity index (χ2v) is 7.17. The Balaban J connectivity index is 1.68. The average Bonchev–Trinajstić information content (AvgIpc) is 2.83. The lowest BCUT2D eigenvalue weighted by atomic mass is 10.1. The third kappa shape index (κ3) is 9.02. The molecule has 0 bridgehead atoms. The lowest BCUT2D eigenvalue weighted by Gasteiger charge is -2.16. The van der Waals surface area contributed by atoms with E-state index in [0.717, 1.165) is 5.56 Å². The quantitative estimate of drug-likeness (QED) is 0.414. The first-order valence-electron chi connectivity index (χ1n) is 10.5. The summed E-state index contributed by atoms with van der Waals surface area (Å²) in [6.07, 6.45) is 0.383. The van der Waals surface area contributed by atoms with Gasteiger partial charge in [0.2, 0.25) is 11.8 Å². The number of esters is 1. The molecule has 2 rings (SSSR count). The van der Waals surface area contributed by atoms with Gasteiger partial charge in [-0.3, -0.25) is 14.4 Å². The minimum Gasteiger partial charge on any atom is -0.497 e. The van der Waals surface area contributed by atoms with Gasteiger partial charge in [-0.2, -0.15) is 0 Å². The van der Waals surface area contributed by atoms with E-state index in [4.69, 9.17) is 9.47 Å². The molecule has 33 heavy (non-hydrogen) atoms. The molecule has 2 aromatic carbocycles. The van der Waals surface area contributed by atoms with Gasteiger partial charge < -0.3 is 25.4 Å². The lowest BCUT2D eigenvalue weighted by molar-refractivity contribution is -0.145. The average molecular weight is 456 g/mol. The maximum atomic E-state index is 12.2. The smallest absolute Gasteiger partial charge is 0.328 e. The molecule has 176 valence electrons. The maximum absolute atomic E-state index is 12.2. The highest BCUT2D eigenvalue weighted by Crippen LogP contribution is 2.11. The van der Waals surface area contributed by atoms with Crippen LogP contribution in [0, 0.1) is 0 Å². The molecule has 0 saturated heterocycles. The van der Waals surface area contributed by atoms with Crippen molar-refractivity contribution in [3.05, 3.63) is 65.7 Å². The van der Waals surface area contributed by atoms with Crippen molar-refractivity contribution in [2.24, 2.45) is 0 Å². The summed E-state index contributed by atoms with van der Waals surface area (Å²) in [4.78, 5) is 48.2. The topological polar surface area (TPSA) is 123 Å². The largest absolute Gasteiger partial charge is 0.497 e. The summed E-state index contributed by atoms with van der Waals surface area (Å²) in [5.74, 6) is -0.866. The van der Waals surface area contributed by atoms with Crippen LogP contribution < -0.4 is 20.7 Å². The molecule has 2 aromatic rings. The Morgan fingerprint density at radius 2 is 1.45 bits per heavy atom. The molecule has 0 heterocycles. The van der Waals surface area contributed by atoms with Gasteiger partial charge in [0.05, 0.1) is 14.2 Å². The van der Waals surface area contributed by atoms with Crippen molar-refractivity contribution in [3.8, 4) is 5.75 Å². The van der Waals surface area contributed by atoms with Gasteiger partial charge in [-0.15, -0.1) is 0 Å². The van der Waals surface area contributed by atoms with Crippen molar-refractivity contribution in [1.29, 1.82) is 0 Å². The fourth-order valence-corrected chi connectivity index (χ4v) is 2.99. The van der Waals surface area contributed by atoms with E-state index in [2.05, 4.69) is 16.0 Å². The van der Waals surface area contributed by atoms with Crippen LogP contribution in [0.5, 0.6) is 5.75 Å². The van der Waals surface area contributed by atoms with Gasteiger partial charge in [0.15, 0.2) is 0 Å². The molecule has 0 aliphatic heterocycles. The van der Waals surface area contributed by atoms with E-state index in [0.29, 0.717) is 17.7 Å². The second kappa shape index (κ2) is 13.5. The van der Waals surface area contributed by atoms with E-state index in [1.54, 1.807) is 31.4 Å². The van der Waals surface area contributed by atoms with Gasteiger partial charge in [-0.05, 0) is 29.8 Å². The molecule has 0 spiro atoms. The number of methoxy groups -OCH3 is 2. The van der Waals surface area contributed by atoms with Crippen LogP contribution in [0.2, 0.25) is 0 Å². The minimum absolute atomic E-state index is 0.00618. The molecule has 9 heteroatoms. The van der Waals surface area contributed by atoms with E-state index in [1.807, 2.05) is 30.3 Å². The van der Waals surface area contributed by atoms with Crippen LogP contribution >= 0.6 is 0 Å². The molecule has 0 unspecified atom stereocenters. The van der Waals surface area contributed by atoms with E-state index >= 15 is 0 Å². The summed E-state index contributed by atoms with van der Waals surface area (Å²) in [5.41, 5.74) is 1.35. The Kier molecular flexibility index (Phi) is 10.4. The molecule has 0 aromatic heterocycles. The molecule has 0 fully saturated rings. The number of carbonyl (C=O) groups excluding carboxylic acids is 4. The first kappa shape index (κ1) is 25.4. The molecule has 0 aliphatic carbocycles. The van der Waals surface area contributed by atoms with Crippen LogP contribution in [0.3, 0.4) is 0 Å². The SMILES string of the molecule is COC(=O)[C@@H](Cc1ccccc1)NC(=O)CCNC(=O)CCNC(=O)c1ccc(OC)cc1. The van der Waals surface area contributed by atoms with Gasteiger partial charge in [-0.1, -0.05) is 30.3 Å². The normalized spacial score (nSPS) is 11.1. The molecule has 3 N–H and O–H groups in total. The monoisotopic (exact) mass is 455 g/mol. The summed E-state index contributed by atoms with van der Waals surface area (Å²) >= 11 is 0. The first-order chi connectivity index (χ1) is 15.9. The Labute approximate surface area is 192 Å². The fourth-order valence-electron chi connectivity index (χ4n) is 2.99. The summed E-state index contributed by atoms with van der Waals surface area (Å²) < 4.78 is 9.82. The van der Waals surface area contributed by atoms with Crippen LogP contribution in [0.1, 0.15) is 28.8 Å². The first-order valence-corrected chi connectivity index (χ1v) is 10.5. The highest BCUT2D eigenvalue weighted by molar-refractivity contribution is 5.94. The lowest BCUT2D eigenvalue weighted by Crippen LogP contribution is -2.44. The number of hydrogen-bond donors (Lipinski definition) is 3.